The number of nitrogens with one attached hydrogen (secondary N) is 2. The number of hydrogen-bond donors (Lipinski definition) is 2. The van der Waals surface area contributed by atoms with E-state index >= 15 is 0 Å². The summed E-state index contributed by atoms with van der Waals surface area (Å²) in [7, 11) is 0. The summed E-state index contributed by atoms with van der Waals surface area (Å²) in [6.45, 7) is 4.15. The van der Waals surface area contributed by atoms with Gasteiger partial charge in [-0.15, -0.1) is 23.2 Å². The molecule has 0 saturated carbocycles. The molecule has 2 rings (SSSR count). The first kappa shape index (κ1) is 29.1. The van der Waals surface area contributed by atoms with E-state index < -0.39 is 0 Å². The van der Waals surface area contributed by atoms with Crippen molar-refractivity contribution in [3.8, 4) is 0 Å². The lowest BCUT2D eigenvalue weighted by Crippen LogP contribution is -2.25. The van der Waals surface area contributed by atoms with Crippen molar-refractivity contribution in [1.29, 1.82) is 0 Å². The molecule has 0 aliphatic heterocycles. The molecule has 2 N–H and O–H groups in total. The number of ether oxygens (including phenoxy) is 3. The van der Waals surface area contributed by atoms with Gasteiger partial charge in [-0.3, -0.25) is 9.59 Å². The van der Waals surface area contributed by atoms with Crippen molar-refractivity contribution in [3.63, 3.8) is 0 Å². The van der Waals surface area contributed by atoms with Gasteiger partial charge in [0.2, 0.25) is 0 Å². The molecule has 2 aromatic rings. The molecule has 0 saturated heterocycles. The highest BCUT2D eigenvalue weighted by molar-refractivity contribution is 6.17. The molecule has 0 heterocycles. The van der Waals surface area contributed by atoms with E-state index in [1.165, 1.54) is 0 Å². The Bertz CT molecular complexity index is 792. The van der Waals surface area contributed by atoms with Gasteiger partial charge in [0.05, 0.1) is 26.4 Å². The third-order valence-corrected chi connectivity index (χ3v) is 5.60. The lowest BCUT2D eigenvalue weighted by molar-refractivity contribution is 0.0139. The minimum absolute atomic E-state index is 0.103. The second kappa shape index (κ2) is 18.2. The highest BCUT2D eigenvalue weighted by atomic mass is 35.5. The molecule has 192 valence electrons. The van der Waals surface area contributed by atoms with Gasteiger partial charge >= 0.3 is 0 Å². The van der Waals surface area contributed by atoms with E-state index in [0.29, 0.717) is 75.6 Å². The van der Waals surface area contributed by atoms with Crippen LogP contribution in [-0.2, 0) is 26.0 Å². The van der Waals surface area contributed by atoms with Gasteiger partial charge in [-0.2, -0.15) is 0 Å². The molecule has 0 spiro atoms. The van der Waals surface area contributed by atoms with Crippen molar-refractivity contribution in [1.82, 2.24) is 10.6 Å². The van der Waals surface area contributed by atoms with E-state index in [-0.39, 0.29) is 11.8 Å². The molecule has 0 atom stereocenters. The molecule has 2 aromatic carbocycles. The van der Waals surface area contributed by atoms with Crippen LogP contribution < -0.4 is 10.6 Å². The SMILES string of the molecule is O=C(NCCCOCCOCCOCCCNC(=O)c1ccc(CCl)cc1)c1ccc(CCl)cc1. The number of alkyl halides is 2. The highest BCUT2D eigenvalue weighted by Gasteiger charge is 2.05. The number of halogens is 2. The molecule has 0 bridgehead atoms. The zero-order chi connectivity index (χ0) is 25.1. The van der Waals surface area contributed by atoms with Gasteiger partial charge in [-0.25, -0.2) is 0 Å². The Morgan fingerprint density at radius 2 is 0.914 bits per heavy atom. The van der Waals surface area contributed by atoms with Crippen LogP contribution in [0.2, 0.25) is 0 Å². The van der Waals surface area contributed by atoms with E-state index in [2.05, 4.69) is 10.6 Å². The van der Waals surface area contributed by atoms with Gasteiger partial charge in [-0.1, -0.05) is 24.3 Å². The van der Waals surface area contributed by atoms with Crippen molar-refractivity contribution < 1.29 is 23.8 Å². The minimum atomic E-state index is -0.103. The molecular weight excluding hydrogens is 491 g/mol. The predicted octanol–water partition coefficient (Wildman–Crippen LogP) is 4.15. The zero-order valence-corrected chi connectivity index (χ0v) is 21.4. The molecule has 0 fully saturated rings. The summed E-state index contributed by atoms with van der Waals surface area (Å²) < 4.78 is 16.5. The average Bonchev–Trinajstić information content (AvgIpc) is 2.90. The van der Waals surface area contributed by atoms with Crippen molar-refractivity contribution >= 4 is 35.0 Å². The molecule has 9 heteroatoms. The summed E-state index contributed by atoms with van der Waals surface area (Å²) in [4.78, 5) is 24.1. The third kappa shape index (κ3) is 12.4. The maximum atomic E-state index is 12.0. The first-order valence-electron chi connectivity index (χ1n) is 11.7. The molecule has 2 amide bonds. The molecule has 0 radical (unpaired) electrons. The molecule has 0 aromatic heterocycles. The largest absolute Gasteiger partial charge is 0.379 e. The van der Waals surface area contributed by atoms with Gasteiger partial charge < -0.3 is 24.8 Å². The number of amides is 2. The van der Waals surface area contributed by atoms with Crippen molar-refractivity contribution in [2.24, 2.45) is 0 Å². The summed E-state index contributed by atoms with van der Waals surface area (Å²) in [6.07, 6.45) is 1.45. The summed E-state index contributed by atoms with van der Waals surface area (Å²) in [6, 6.07) is 14.5. The number of rotatable bonds is 18. The molecule has 0 unspecified atom stereocenters. The van der Waals surface area contributed by atoms with Crippen LogP contribution in [-0.4, -0.2) is 64.5 Å². The van der Waals surface area contributed by atoms with Crippen LogP contribution in [0.25, 0.3) is 0 Å². The van der Waals surface area contributed by atoms with Crippen LogP contribution in [0.4, 0.5) is 0 Å². The monoisotopic (exact) mass is 524 g/mol. The van der Waals surface area contributed by atoms with E-state index in [1.54, 1.807) is 24.3 Å². The maximum Gasteiger partial charge on any atom is 0.251 e. The van der Waals surface area contributed by atoms with Crippen molar-refractivity contribution in [2.75, 3.05) is 52.7 Å². The predicted molar refractivity (Wildman–Crippen MR) is 138 cm³/mol. The number of benzene rings is 2. The van der Waals surface area contributed by atoms with Gasteiger partial charge in [0.15, 0.2) is 0 Å². The molecule has 0 aliphatic carbocycles. The van der Waals surface area contributed by atoms with Crippen LogP contribution in [0.5, 0.6) is 0 Å². The quantitative estimate of drug-likeness (QED) is 0.226. The zero-order valence-electron chi connectivity index (χ0n) is 19.9. The van der Waals surface area contributed by atoms with Gasteiger partial charge in [-0.05, 0) is 48.2 Å². The smallest absolute Gasteiger partial charge is 0.251 e. The number of carbonyl (C=O) groups excluding carboxylic acids is 2. The van der Waals surface area contributed by atoms with E-state index in [4.69, 9.17) is 37.4 Å². The second-order valence-electron chi connectivity index (χ2n) is 7.72. The van der Waals surface area contributed by atoms with Crippen molar-refractivity contribution in [3.05, 3.63) is 70.8 Å². The van der Waals surface area contributed by atoms with Crippen LogP contribution in [0.3, 0.4) is 0 Å². The maximum absolute atomic E-state index is 12.0. The summed E-state index contributed by atoms with van der Waals surface area (Å²) in [5, 5.41) is 5.73. The summed E-state index contributed by atoms with van der Waals surface area (Å²) >= 11 is 11.5. The van der Waals surface area contributed by atoms with Crippen LogP contribution in [0.15, 0.2) is 48.5 Å². The molecule has 35 heavy (non-hydrogen) atoms. The van der Waals surface area contributed by atoms with E-state index in [0.717, 1.165) is 24.0 Å². The lowest BCUT2D eigenvalue weighted by atomic mass is 10.1. The average molecular weight is 525 g/mol. The first-order valence-corrected chi connectivity index (χ1v) is 12.8. The van der Waals surface area contributed by atoms with Crippen LogP contribution in [0, 0.1) is 0 Å². The topological polar surface area (TPSA) is 85.9 Å². The normalized spacial score (nSPS) is 10.8. The Labute approximate surface area is 217 Å². The number of hydrogen-bond acceptors (Lipinski definition) is 5. The first-order chi connectivity index (χ1) is 17.1. The Balaban J connectivity index is 1.34. The molecule has 0 aliphatic rings. The Hall–Kier alpha value is -2.16. The fraction of sp³-hybridized carbons (Fsp3) is 0.462. The van der Waals surface area contributed by atoms with Crippen LogP contribution >= 0.6 is 23.2 Å². The Morgan fingerprint density at radius 1 is 0.571 bits per heavy atom. The van der Waals surface area contributed by atoms with E-state index in [9.17, 15) is 9.59 Å². The van der Waals surface area contributed by atoms with E-state index in [1.807, 2.05) is 24.3 Å². The Morgan fingerprint density at radius 3 is 1.26 bits per heavy atom. The van der Waals surface area contributed by atoms with Gasteiger partial charge in [0, 0.05) is 49.2 Å². The molecular formula is C26H34Cl2N2O5. The standard InChI is InChI=1S/C26H34Cl2N2O5/c27-19-21-3-7-23(8-4-21)25(31)29-11-1-13-33-15-17-35-18-16-34-14-2-12-30-26(32)24-9-5-22(20-28)6-10-24/h3-10H,1-2,11-20H2,(H,29,31)(H,30,32). The Kier molecular flexibility index (Phi) is 15.1. The fourth-order valence-electron chi connectivity index (χ4n) is 2.99. The van der Waals surface area contributed by atoms with Crippen LogP contribution in [0.1, 0.15) is 44.7 Å². The van der Waals surface area contributed by atoms with Gasteiger partial charge in [0.25, 0.3) is 11.8 Å². The van der Waals surface area contributed by atoms with Gasteiger partial charge in [0.1, 0.15) is 0 Å². The number of carbonyl (C=O) groups is 2. The summed E-state index contributed by atoms with van der Waals surface area (Å²) in [5.74, 6) is 0.663. The summed E-state index contributed by atoms with van der Waals surface area (Å²) in [5.41, 5.74) is 3.21. The molecule has 7 nitrogen and oxygen atoms in total. The minimum Gasteiger partial charge on any atom is -0.379 e. The second-order valence-corrected chi connectivity index (χ2v) is 8.25. The lowest BCUT2D eigenvalue weighted by Gasteiger charge is -2.08. The third-order valence-electron chi connectivity index (χ3n) is 4.99. The fourth-order valence-corrected chi connectivity index (χ4v) is 3.35. The van der Waals surface area contributed by atoms with Crippen molar-refractivity contribution in [2.45, 2.75) is 24.6 Å². The highest BCUT2D eigenvalue weighted by Crippen LogP contribution is 2.07.